The molecule has 0 atom stereocenters. The molecular weight excluding hydrogens is 486 g/mol. The maximum Gasteiger partial charge on any atom is 0.387 e. The van der Waals surface area contributed by atoms with Crippen LogP contribution in [0.1, 0.15) is 15.9 Å². The van der Waals surface area contributed by atoms with E-state index in [0.717, 1.165) is 16.8 Å². The Morgan fingerprint density at radius 2 is 1.92 bits per heavy atom. The summed E-state index contributed by atoms with van der Waals surface area (Å²) in [5.41, 5.74) is 9.00. The number of alkyl halides is 2. The molecule has 4 N–H and O–H groups in total. The number of hydrogen-bond acceptors (Lipinski definition) is 7. The van der Waals surface area contributed by atoms with E-state index in [1.54, 1.807) is 42.9 Å². The summed E-state index contributed by atoms with van der Waals surface area (Å²) in [6, 6.07) is 11.5. The number of ether oxygens (including phenoxy) is 2. The number of carbonyl (C=O) groups excluding carboxylic acids is 2. The molecule has 2 heterocycles. The first-order valence-corrected chi connectivity index (χ1v) is 11.2. The first-order chi connectivity index (χ1) is 17.8. The van der Waals surface area contributed by atoms with E-state index >= 15 is 0 Å². The van der Waals surface area contributed by atoms with Crippen LogP contribution in [0.4, 0.5) is 20.3 Å². The number of halogens is 2. The van der Waals surface area contributed by atoms with E-state index in [9.17, 15) is 18.4 Å². The molecule has 0 unspecified atom stereocenters. The highest BCUT2D eigenvalue weighted by Gasteiger charge is 2.13. The Kier molecular flexibility index (Phi) is 7.89. The number of amides is 2. The van der Waals surface area contributed by atoms with Crippen molar-refractivity contribution < 1.29 is 27.8 Å². The number of imidazole rings is 1. The summed E-state index contributed by atoms with van der Waals surface area (Å²) in [5, 5.41) is 5.96. The molecule has 2 aromatic heterocycles. The van der Waals surface area contributed by atoms with Crippen molar-refractivity contribution in [2.24, 2.45) is 5.73 Å². The van der Waals surface area contributed by atoms with E-state index in [4.69, 9.17) is 10.5 Å². The topological polar surface area (TPSA) is 133 Å². The molecule has 4 rings (SSSR count). The quantitative estimate of drug-likeness (QED) is 0.264. The number of nitrogens with zero attached hydrogens (tertiary/aromatic N) is 3. The van der Waals surface area contributed by atoms with Gasteiger partial charge in [-0.3, -0.25) is 14.0 Å². The fourth-order valence-electron chi connectivity index (χ4n) is 3.67. The molecule has 2 aromatic carbocycles. The normalized spacial score (nSPS) is 11.0. The van der Waals surface area contributed by atoms with Crippen molar-refractivity contribution >= 4 is 29.0 Å². The summed E-state index contributed by atoms with van der Waals surface area (Å²) in [6.45, 7) is -0.865. The standard InChI is InChI=1S/C25H24F2N6O4/c1-15-12-17(4-7-19(15)24(35)30-9-11-36-14-21(28)34)32-22-23-31-13-20(33(23)10-8-29-22)16-2-5-18(6-3-16)37-25(26)27/h2-8,10,12-13,25H,9,11,14H2,1H3,(H2,28,34)(H,29,32)(H,30,35). The highest BCUT2D eigenvalue weighted by atomic mass is 19.3. The Balaban J connectivity index is 1.46. The minimum Gasteiger partial charge on any atom is -0.435 e. The molecule has 0 fully saturated rings. The average Bonchev–Trinajstić information content (AvgIpc) is 3.29. The van der Waals surface area contributed by atoms with E-state index in [0.29, 0.717) is 22.7 Å². The molecule has 0 spiro atoms. The van der Waals surface area contributed by atoms with Crippen molar-refractivity contribution in [2.75, 3.05) is 25.1 Å². The van der Waals surface area contributed by atoms with Gasteiger partial charge in [0.1, 0.15) is 12.4 Å². The van der Waals surface area contributed by atoms with Gasteiger partial charge in [0, 0.05) is 35.8 Å². The molecule has 0 saturated heterocycles. The van der Waals surface area contributed by atoms with Crippen LogP contribution in [0.15, 0.2) is 61.1 Å². The summed E-state index contributed by atoms with van der Waals surface area (Å²) < 4.78 is 36.1. The number of benzene rings is 2. The van der Waals surface area contributed by atoms with Crippen LogP contribution >= 0.6 is 0 Å². The number of aromatic nitrogens is 3. The molecule has 0 aliphatic heterocycles. The molecule has 192 valence electrons. The lowest BCUT2D eigenvalue weighted by atomic mass is 10.1. The van der Waals surface area contributed by atoms with Gasteiger partial charge in [0.2, 0.25) is 5.91 Å². The SMILES string of the molecule is Cc1cc(Nc2nccn3c(-c4ccc(OC(F)F)cc4)cnc23)ccc1C(=O)NCCOCC(N)=O. The first kappa shape index (κ1) is 25.5. The predicted octanol–water partition coefficient (Wildman–Crippen LogP) is 3.28. The van der Waals surface area contributed by atoms with E-state index in [1.807, 2.05) is 17.4 Å². The Morgan fingerprint density at radius 1 is 1.14 bits per heavy atom. The predicted molar refractivity (Wildman–Crippen MR) is 132 cm³/mol. The summed E-state index contributed by atoms with van der Waals surface area (Å²) in [4.78, 5) is 32.0. The number of anilines is 2. The second-order valence-corrected chi connectivity index (χ2v) is 7.95. The number of rotatable bonds is 11. The van der Waals surface area contributed by atoms with Crippen LogP contribution < -0.4 is 21.1 Å². The maximum atomic E-state index is 12.5. The third kappa shape index (κ3) is 6.35. The van der Waals surface area contributed by atoms with Crippen LogP contribution in [0.3, 0.4) is 0 Å². The van der Waals surface area contributed by atoms with Crippen molar-refractivity contribution in [2.45, 2.75) is 13.5 Å². The molecule has 2 amide bonds. The molecule has 0 aliphatic rings. The zero-order chi connectivity index (χ0) is 26.4. The van der Waals surface area contributed by atoms with Gasteiger partial charge in [-0.1, -0.05) is 0 Å². The van der Waals surface area contributed by atoms with Gasteiger partial charge in [0.15, 0.2) is 11.5 Å². The van der Waals surface area contributed by atoms with Gasteiger partial charge in [-0.2, -0.15) is 8.78 Å². The fourth-order valence-corrected chi connectivity index (χ4v) is 3.67. The fraction of sp³-hybridized carbons (Fsp3) is 0.200. The lowest BCUT2D eigenvalue weighted by Crippen LogP contribution is -2.29. The molecule has 12 heteroatoms. The highest BCUT2D eigenvalue weighted by molar-refractivity contribution is 5.96. The van der Waals surface area contributed by atoms with E-state index in [1.165, 1.54) is 12.1 Å². The molecule has 0 bridgehead atoms. The second kappa shape index (κ2) is 11.4. The number of primary amides is 1. The van der Waals surface area contributed by atoms with Crippen LogP contribution in [-0.4, -0.2) is 52.6 Å². The van der Waals surface area contributed by atoms with Crippen molar-refractivity contribution in [3.05, 3.63) is 72.2 Å². The summed E-state index contributed by atoms with van der Waals surface area (Å²) in [5.74, 6) is -0.275. The van der Waals surface area contributed by atoms with Crippen LogP contribution in [0, 0.1) is 6.92 Å². The van der Waals surface area contributed by atoms with Crippen molar-refractivity contribution in [1.82, 2.24) is 19.7 Å². The van der Waals surface area contributed by atoms with Gasteiger partial charge in [0.25, 0.3) is 5.91 Å². The monoisotopic (exact) mass is 510 g/mol. The lowest BCUT2D eigenvalue weighted by Gasteiger charge is -2.12. The molecule has 0 aliphatic carbocycles. The Hall–Kier alpha value is -4.58. The Labute approximate surface area is 210 Å². The van der Waals surface area contributed by atoms with Crippen LogP contribution in [0.2, 0.25) is 0 Å². The number of nitrogens with two attached hydrogens (primary N) is 1. The lowest BCUT2D eigenvalue weighted by molar-refractivity contribution is -0.122. The van der Waals surface area contributed by atoms with Crippen molar-refractivity contribution in [1.29, 1.82) is 0 Å². The Bertz CT molecular complexity index is 1410. The molecular formula is C25H24F2N6O4. The molecule has 37 heavy (non-hydrogen) atoms. The van der Waals surface area contributed by atoms with Crippen LogP contribution in [-0.2, 0) is 9.53 Å². The zero-order valence-electron chi connectivity index (χ0n) is 19.8. The maximum absolute atomic E-state index is 12.5. The zero-order valence-corrected chi connectivity index (χ0v) is 19.8. The molecule has 0 saturated carbocycles. The molecule has 10 nitrogen and oxygen atoms in total. The number of aryl methyl sites for hydroxylation is 1. The third-order valence-corrected chi connectivity index (χ3v) is 5.31. The third-order valence-electron chi connectivity index (χ3n) is 5.31. The average molecular weight is 511 g/mol. The molecule has 0 radical (unpaired) electrons. The smallest absolute Gasteiger partial charge is 0.387 e. The number of fused-ring (bicyclic) bond motifs is 1. The number of carbonyl (C=O) groups is 2. The van der Waals surface area contributed by atoms with Gasteiger partial charge in [-0.05, 0) is 55.0 Å². The van der Waals surface area contributed by atoms with Gasteiger partial charge in [0.05, 0.1) is 18.5 Å². The summed E-state index contributed by atoms with van der Waals surface area (Å²) in [6.07, 6.45) is 5.03. The highest BCUT2D eigenvalue weighted by Crippen LogP contribution is 2.27. The van der Waals surface area contributed by atoms with Gasteiger partial charge < -0.3 is 25.8 Å². The first-order valence-electron chi connectivity index (χ1n) is 11.2. The van der Waals surface area contributed by atoms with Crippen LogP contribution in [0.25, 0.3) is 16.9 Å². The number of nitrogens with one attached hydrogen (secondary N) is 2. The summed E-state index contributed by atoms with van der Waals surface area (Å²) in [7, 11) is 0. The Morgan fingerprint density at radius 3 is 2.62 bits per heavy atom. The minimum atomic E-state index is -2.89. The van der Waals surface area contributed by atoms with E-state index in [-0.39, 0.29) is 31.4 Å². The number of hydrogen-bond donors (Lipinski definition) is 3. The minimum absolute atomic E-state index is 0.0699. The van der Waals surface area contributed by atoms with Gasteiger partial charge in [-0.25, -0.2) is 9.97 Å². The van der Waals surface area contributed by atoms with Crippen LogP contribution in [0.5, 0.6) is 5.75 Å². The van der Waals surface area contributed by atoms with Crippen molar-refractivity contribution in [3.8, 4) is 17.0 Å². The summed E-state index contributed by atoms with van der Waals surface area (Å²) >= 11 is 0. The molecule has 4 aromatic rings. The van der Waals surface area contributed by atoms with E-state index in [2.05, 4.69) is 25.3 Å². The second-order valence-electron chi connectivity index (χ2n) is 7.95. The van der Waals surface area contributed by atoms with Gasteiger partial charge >= 0.3 is 6.61 Å². The van der Waals surface area contributed by atoms with Gasteiger partial charge in [-0.15, -0.1) is 0 Å². The van der Waals surface area contributed by atoms with E-state index < -0.39 is 12.5 Å². The van der Waals surface area contributed by atoms with Crippen molar-refractivity contribution in [3.63, 3.8) is 0 Å². The largest absolute Gasteiger partial charge is 0.435 e.